The fraction of sp³-hybridized carbons (Fsp3) is 0.324. The molecule has 0 atom stereocenters. The van der Waals surface area contributed by atoms with E-state index < -0.39 is 12.7 Å². The molecular formula is C37H35NO. The van der Waals surface area contributed by atoms with E-state index >= 15 is 0 Å². The van der Waals surface area contributed by atoms with E-state index in [1.807, 2.05) is 18.2 Å². The number of fused-ring (bicyclic) bond motifs is 7. The molecule has 4 aromatic carbocycles. The van der Waals surface area contributed by atoms with Crippen LogP contribution in [0.1, 0.15) is 80.3 Å². The quantitative estimate of drug-likeness (QED) is 0.215. The molecule has 0 unspecified atom stereocenters. The van der Waals surface area contributed by atoms with Gasteiger partial charge >= 0.3 is 0 Å². The summed E-state index contributed by atoms with van der Waals surface area (Å²) in [4.78, 5) is 4.71. The first kappa shape index (κ1) is 19.4. The van der Waals surface area contributed by atoms with Gasteiger partial charge in [-0.05, 0) is 102 Å². The van der Waals surface area contributed by atoms with E-state index in [9.17, 15) is 1.37 Å². The number of rotatable bonds is 2. The molecular weight excluding hydrogens is 474 g/mol. The molecule has 2 nitrogen and oxygen atoms in total. The minimum atomic E-state index is -2.33. The Morgan fingerprint density at radius 1 is 0.795 bits per heavy atom. The van der Waals surface area contributed by atoms with Crippen molar-refractivity contribution in [2.75, 3.05) is 0 Å². The lowest BCUT2D eigenvalue weighted by Crippen LogP contribution is -2.29. The summed E-state index contributed by atoms with van der Waals surface area (Å²) in [6, 6.07) is 24.9. The number of aromatic nitrogens is 1. The average molecular weight is 514 g/mol. The maximum Gasteiger partial charge on any atom is 0.144 e. The number of aryl methyl sites for hydroxylation is 1. The topological polar surface area (TPSA) is 26.0 Å². The third-order valence-electron chi connectivity index (χ3n) is 9.76. The molecule has 0 bridgehead atoms. The molecule has 2 heterocycles. The summed E-state index contributed by atoms with van der Waals surface area (Å²) in [6.07, 6.45) is 11.2. The Morgan fingerprint density at radius 3 is 2.44 bits per heavy atom. The lowest BCUT2D eigenvalue weighted by atomic mass is 9.62. The smallest absolute Gasteiger partial charge is 0.144 e. The Labute approximate surface area is 235 Å². The van der Waals surface area contributed by atoms with Gasteiger partial charge in [-0.15, -0.1) is 0 Å². The molecule has 0 N–H and O–H groups in total. The predicted molar refractivity (Wildman–Crippen MR) is 163 cm³/mol. The Bertz CT molecular complexity index is 2020. The normalized spacial score (nSPS) is 20.7. The van der Waals surface area contributed by atoms with Crippen LogP contribution in [-0.2, 0) is 0 Å². The van der Waals surface area contributed by atoms with Crippen LogP contribution in [0.3, 0.4) is 0 Å². The second kappa shape index (κ2) is 8.95. The van der Waals surface area contributed by atoms with Crippen LogP contribution in [0.15, 0.2) is 83.4 Å². The SMILES string of the molecule is [2H]C([2H])([2H])c1cnc(-c2cccc3c2oc2c3ccc3ccc4ccccc4c32)cc1C1([2H])CCC2(CCCCC2)CC1. The second-order valence-electron chi connectivity index (χ2n) is 11.9. The largest absolute Gasteiger partial charge is 0.455 e. The molecule has 1 spiro atoms. The molecule has 2 saturated carbocycles. The Hall–Kier alpha value is -3.65. The van der Waals surface area contributed by atoms with Crippen molar-refractivity contribution < 1.29 is 9.90 Å². The average Bonchev–Trinajstić information content (AvgIpc) is 3.41. The first-order valence-corrected chi connectivity index (χ1v) is 14.5. The molecule has 0 amide bonds. The fourth-order valence-electron chi connectivity index (χ4n) is 7.59. The number of hydrogen-bond acceptors (Lipinski definition) is 2. The first-order valence-electron chi connectivity index (χ1n) is 16.5. The summed E-state index contributed by atoms with van der Waals surface area (Å²) in [5.41, 5.74) is 4.22. The van der Waals surface area contributed by atoms with Crippen molar-refractivity contribution >= 4 is 43.5 Å². The molecule has 2 aliphatic rings. The summed E-state index contributed by atoms with van der Waals surface area (Å²) in [5.74, 6) is -0.943. The second-order valence-corrected chi connectivity index (χ2v) is 11.9. The maximum atomic E-state index is 9.66. The van der Waals surface area contributed by atoms with E-state index in [4.69, 9.17) is 13.5 Å². The van der Waals surface area contributed by atoms with Crippen LogP contribution in [0.25, 0.3) is 54.7 Å². The van der Waals surface area contributed by atoms with Gasteiger partial charge in [0.25, 0.3) is 0 Å². The van der Waals surface area contributed by atoms with E-state index in [2.05, 4.69) is 54.6 Å². The van der Waals surface area contributed by atoms with Crippen molar-refractivity contribution in [3.63, 3.8) is 0 Å². The summed E-state index contributed by atoms with van der Waals surface area (Å²) < 4.78 is 41.4. The van der Waals surface area contributed by atoms with Crippen molar-refractivity contribution in [1.29, 1.82) is 0 Å². The number of hydrogen-bond donors (Lipinski definition) is 0. The lowest BCUT2D eigenvalue weighted by Gasteiger charge is -2.43. The van der Waals surface area contributed by atoms with Gasteiger partial charge in [-0.1, -0.05) is 73.9 Å². The molecule has 2 aromatic heterocycles. The molecule has 8 rings (SSSR count). The number of para-hydroxylation sites is 1. The highest BCUT2D eigenvalue weighted by Crippen LogP contribution is 2.51. The van der Waals surface area contributed by atoms with Crippen LogP contribution in [0.2, 0.25) is 0 Å². The molecule has 194 valence electrons. The van der Waals surface area contributed by atoms with Crippen LogP contribution in [0.5, 0.6) is 0 Å². The van der Waals surface area contributed by atoms with Crippen molar-refractivity contribution in [2.24, 2.45) is 5.41 Å². The van der Waals surface area contributed by atoms with E-state index in [1.54, 1.807) is 0 Å². The number of nitrogens with zero attached hydrogens (tertiary/aromatic N) is 1. The van der Waals surface area contributed by atoms with Crippen molar-refractivity contribution in [3.8, 4) is 11.3 Å². The molecule has 2 aliphatic carbocycles. The van der Waals surface area contributed by atoms with Crippen molar-refractivity contribution in [1.82, 2.24) is 4.98 Å². The van der Waals surface area contributed by atoms with Crippen LogP contribution in [0.4, 0.5) is 0 Å². The zero-order valence-electron chi connectivity index (χ0n) is 26.2. The zero-order valence-corrected chi connectivity index (χ0v) is 22.2. The van der Waals surface area contributed by atoms with Gasteiger partial charge in [0.15, 0.2) is 0 Å². The van der Waals surface area contributed by atoms with Crippen LogP contribution < -0.4 is 0 Å². The Kier molecular flexibility index (Phi) is 4.45. The van der Waals surface area contributed by atoms with Crippen molar-refractivity contribution in [2.45, 2.75) is 70.5 Å². The van der Waals surface area contributed by atoms with E-state index in [0.29, 0.717) is 29.5 Å². The summed E-state index contributed by atoms with van der Waals surface area (Å²) in [7, 11) is 0. The first-order chi connectivity index (χ1) is 20.7. The predicted octanol–water partition coefficient (Wildman–Crippen LogP) is 10.9. The molecule has 6 aromatic rings. The van der Waals surface area contributed by atoms with Crippen molar-refractivity contribution in [3.05, 3.63) is 90.1 Å². The molecule has 2 heteroatoms. The highest BCUT2D eigenvalue weighted by Gasteiger charge is 2.36. The van der Waals surface area contributed by atoms with E-state index in [0.717, 1.165) is 61.9 Å². The van der Waals surface area contributed by atoms with Gasteiger partial charge in [0.1, 0.15) is 11.2 Å². The molecule has 0 radical (unpaired) electrons. The third kappa shape index (κ3) is 3.72. The summed E-state index contributed by atoms with van der Waals surface area (Å²) in [5, 5.41) is 6.58. The third-order valence-corrected chi connectivity index (χ3v) is 9.76. The van der Waals surface area contributed by atoms with Gasteiger partial charge in [-0.3, -0.25) is 4.98 Å². The van der Waals surface area contributed by atoms with Gasteiger partial charge in [0.05, 0.1) is 5.69 Å². The van der Waals surface area contributed by atoms with E-state index in [1.165, 1.54) is 38.3 Å². The van der Waals surface area contributed by atoms with Crippen LogP contribution in [-0.4, -0.2) is 4.98 Å². The maximum absolute atomic E-state index is 9.66. The minimum absolute atomic E-state index is 0.208. The zero-order chi connectivity index (χ0) is 29.4. The van der Waals surface area contributed by atoms with E-state index in [-0.39, 0.29) is 5.56 Å². The van der Waals surface area contributed by atoms with Crippen LogP contribution >= 0.6 is 0 Å². The number of furan rings is 1. The number of benzene rings is 4. The monoisotopic (exact) mass is 513 g/mol. The highest BCUT2D eigenvalue weighted by molar-refractivity contribution is 6.23. The standard InChI is InChI=1S/C37H35NO/c1-24-23-38-33(22-32(24)26-16-20-37(21-17-26)18-5-2-6-19-37)31-11-7-10-29-30-15-14-27-13-12-25-8-3-4-9-28(25)34(27)36(30)39-35(29)31/h3-4,7-15,22-23,26H,2,5-6,16-21H2,1H3/i1D3,26D. The summed E-state index contributed by atoms with van der Waals surface area (Å²) >= 11 is 0. The number of pyridine rings is 1. The fourth-order valence-corrected chi connectivity index (χ4v) is 7.59. The van der Waals surface area contributed by atoms with Gasteiger partial charge in [0.2, 0.25) is 0 Å². The summed E-state index contributed by atoms with van der Waals surface area (Å²) in [6.45, 7) is -2.33. The lowest BCUT2D eigenvalue weighted by molar-refractivity contribution is 0.114. The van der Waals surface area contributed by atoms with Gasteiger partial charge in [-0.25, -0.2) is 0 Å². The Balaban J connectivity index is 1.29. The molecule has 39 heavy (non-hydrogen) atoms. The van der Waals surface area contributed by atoms with Gasteiger partial charge in [0, 0.05) is 33.4 Å². The van der Waals surface area contributed by atoms with Crippen LogP contribution in [0, 0.1) is 12.3 Å². The van der Waals surface area contributed by atoms with Gasteiger partial charge < -0.3 is 4.42 Å². The molecule has 0 saturated heterocycles. The minimum Gasteiger partial charge on any atom is -0.455 e. The Morgan fingerprint density at radius 2 is 1.56 bits per heavy atom. The highest BCUT2D eigenvalue weighted by atomic mass is 16.3. The molecule has 0 aliphatic heterocycles. The molecule has 2 fully saturated rings. The van der Waals surface area contributed by atoms with Gasteiger partial charge in [-0.2, -0.15) is 0 Å².